The van der Waals surface area contributed by atoms with Gasteiger partial charge in [0.2, 0.25) is 5.91 Å². The Balaban J connectivity index is 1.49. The number of carbonyl (C=O) groups is 1. The van der Waals surface area contributed by atoms with Crippen molar-refractivity contribution in [3.8, 4) is 0 Å². The number of fused-ring (bicyclic) bond motifs is 1. The minimum atomic E-state index is -0.128. The zero-order valence-electron chi connectivity index (χ0n) is 13.0. The number of ether oxygens (including phenoxy) is 1. The molecule has 1 saturated heterocycles. The molecule has 122 valence electrons. The van der Waals surface area contributed by atoms with Gasteiger partial charge in [0.25, 0.3) is 5.56 Å². The SMILES string of the molecule is O=C(CC[C@H]1CCCO1)NCCn1ncc2ccccc2c1=O. The fourth-order valence-corrected chi connectivity index (χ4v) is 2.84. The molecule has 1 atom stereocenters. The molecule has 6 nitrogen and oxygen atoms in total. The maximum atomic E-state index is 12.3. The van der Waals surface area contributed by atoms with E-state index in [9.17, 15) is 9.59 Å². The Hall–Kier alpha value is -2.21. The molecule has 0 bridgehead atoms. The van der Waals surface area contributed by atoms with Crippen molar-refractivity contribution in [2.24, 2.45) is 0 Å². The average molecular weight is 315 g/mol. The Bertz CT molecular complexity index is 735. The number of carbonyl (C=O) groups excluding carboxylic acids is 1. The second kappa shape index (κ2) is 7.37. The van der Waals surface area contributed by atoms with Gasteiger partial charge in [0.15, 0.2) is 0 Å². The van der Waals surface area contributed by atoms with E-state index < -0.39 is 0 Å². The summed E-state index contributed by atoms with van der Waals surface area (Å²) < 4.78 is 6.89. The van der Waals surface area contributed by atoms with Crippen molar-refractivity contribution in [1.29, 1.82) is 0 Å². The van der Waals surface area contributed by atoms with E-state index in [4.69, 9.17) is 4.74 Å². The molecule has 1 aliphatic rings. The van der Waals surface area contributed by atoms with Crippen LogP contribution in [0, 0.1) is 0 Å². The standard InChI is InChI=1S/C17H21N3O3/c21-16(8-7-14-5-3-11-23-14)18-9-10-20-17(22)15-6-2-1-4-13(15)12-19-20/h1-2,4,6,12,14H,3,5,7-11H2,(H,18,21)/t14-/m1/s1. The third kappa shape index (κ3) is 3.96. The highest BCUT2D eigenvalue weighted by molar-refractivity contribution is 5.80. The summed E-state index contributed by atoms with van der Waals surface area (Å²) in [6.45, 7) is 1.58. The van der Waals surface area contributed by atoms with Crippen LogP contribution in [0.3, 0.4) is 0 Å². The number of hydrogen-bond acceptors (Lipinski definition) is 4. The predicted molar refractivity (Wildman–Crippen MR) is 87.2 cm³/mol. The van der Waals surface area contributed by atoms with Gasteiger partial charge in [0.05, 0.1) is 24.2 Å². The van der Waals surface area contributed by atoms with Gasteiger partial charge in [0, 0.05) is 25.0 Å². The molecule has 23 heavy (non-hydrogen) atoms. The van der Waals surface area contributed by atoms with Gasteiger partial charge in [-0.2, -0.15) is 5.10 Å². The Labute approximate surface area is 134 Å². The summed E-state index contributed by atoms with van der Waals surface area (Å²) in [6.07, 6.45) is 5.26. The molecule has 1 aromatic heterocycles. The number of rotatable bonds is 6. The van der Waals surface area contributed by atoms with Crippen LogP contribution >= 0.6 is 0 Å². The van der Waals surface area contributed by atoms with Gasteiger partial charge in [-0.05, 0) is 25.3 Å². The molecule has 0 spiro atoms. The van der Waals surface area contributed by atoms with Crippen molar-refractivity contribution in [1.82, 2.24) is 15.1 Å². The Morgan fingerprint density at radius 3 is 3.09 bits per heavy atom. The van der Waals surface area contributed by atoms with E-state index in [1.165, 1.54) is 4.68 Å². The van der Waals surface area contributed by atoms with Gasteiger partial charge in [-0.1, -0.05) is 18.2 Å². The lowest BCUT2D eigenvalue weighted by molar-refractivity contribution is -0.121. The van der Waals surface area contributed by atoms with Crippen molar-refractivity contribution in [3.05, 3.63) is 40.8 Å². The summed E-state index contributed by atoms with van der Waals surface area (Å²) in [5.74, 6) is -0.00524. The number of aromatic nitrogens is 2. The van der Waals surface area contributed by atoms with E-state index in [-0.39, 0.29) is 17.6 Å². The van der Waals surface area contributed by atoms with Gasteiger partial charge in [-0.15, -0.1) is 0 Å². The summed E-state index contributed by atoms with van der Waals surface area (Å²) in [5, 5.41) is 8.45. The van der Waals surface area contributed by atoms with Crippen LogP contribution in [-0.2, 0) is 16.1 Å². The van der Waals surface area contributed by atoms with Crippen LogP contribution in [0.25, 0.3) is 10.8 Å². The van der Waals surface area contributed by atoms with E-state index in [0.29, 0.717) is 24.9 Å². The lowest BCUT2D eigenvalue weighted by atomic mass is 10.1. The molecule has 0 aliphatic carbocycles. The minimum Gasteiger partial charge on any atom is -0.378 e. The second-order valence-corrected chi connectivity index (χ2v) is 5.78. The molecular weight excluding hydrogens is 294 g/mol. The molecular formula is C17H21N3O3. The molecule has 0 radical (unpaired) electrons. The lowest BCUT2D eigenvalue weighted by Gasteiger charge is -2.10. The molecule has 2 aromatic rings. The first kappa shape index (κ1) is 15.7. The highest BCUT2D eigenvalue weighted by atomic mass is 16.5. The van der Waals surface area contributed by atoms with Crippen LogP contribution in [0.1, 0.15) is 25.7 Å². The second-order valence-electron chi connectivity index (χ2n) is 5.78. The smallest absolute Gasteiger partial charge is 0.274 e. The Morgan fingerprint density at radius 2 is 2.26 bits per heavy atom. The maximum Gasteiger partial charge on any atom is 0.274 e. The number of benzene rings is 1. The normalized spacial score (nSPS) is 17.5. The summed E-state index contributed by atoms with van der Waals surface area (Å²) in [4.78, 5) is 24.1. The number of amides is 1. The first-order chi connectivity index (χ1) is 11.2. The monoisotopic (exact) mass is 315 g/mol. The fourth-order valence-electron chi connectivity index (χ4n) is 2.84. The molecule has 1 aliphatic heterocycles. The number of hydrogen-bond donors (Lipinski definition) is 1. The third-order valence-electron chi connectivity index (χ3n) is 4.12. The molecule has 1 N–H and O–H groups in total. The first-order valence-electron chi connectivity index (χ1n) is 8.07. The van der Waals surface area contributed by atoms with Crippen molar-refractivity contribution < 1.29 is 9.53 Å². The van der Waals surface area contributed by atoms with Gasteiger partial charge in [-0.25, -0.2) is 4.68 Å². The molecule has 6 heteroatoms. The van der Waals surface area contributed by atoms with Crippen molar-refractivity contribution in [2.45, 2.75) is 38.3 Å². The molecule has 1 amide bonds. The van der Waals surface area contributed by atoms with E-state index in [0.717, 1.165) is 31.3 Å². The van der Waals surface area contributed by atoms with Crippen LogP contribution in [0.15, 0.2) is 35.3 Å². The van der Waals surface area contributed by atoms with Gasteiger partial charge < -0.3 is 10.1 Å². The van der Waals surface area contributed by atoms with Crippen molar-refractivity contribution in [2.75, 3.05) is 13.2 Å². The average Bonchev–Trinajstić information content (AvgIpc) is 3.09. The molecule has 3 rings (SSSR count). The number of nitrogens with zero attached hydrogens (tertiary/aromatic N) is 2. The zero-order chi connectivity index (χ0) is 16.1. The van der Waals surface area contributed by atoms with E-state index in [1.807, 2.05) is 18.2 Å². The Morgan fingerprint density at radius 1 is 1.39 bits per heavy atom. The first-order valence-corrected chi connectivity index (χ1v) is 8.07. The van der Waals surface area contributed by atoms with Crippen LogP contribution in [0.5, 0.6) is 0 Å². The van der Waals surface area contributed by atoms with Crippen LogP contribution in [-0.4, -0.2) is 34.9 Å². The summed E-state index contributed by atoms with van der Waals surface area (Å²) >= 11 is 0. The summed E-state index contributed by atoms with van der Waals surface area (Å²) in [5.41, 5.74) is -0.128. The maximum absolute atomic E-state index is 12.3. The van der Waals surface area contributed by atoms with E-state index in [1.54, 1.807) is 12.3 Å². The van der Waals surface area contributed by atoms with Gasteiger partial charge >= 0.3 is 0 Å². The van der Waals surface area contributed by atoms with Gasteiger partial charge in [0.1, 0.15) is 0 Å². The molecule has 0 unspecified atom stereocenters. The highest BCUT2D eigenvalue weighted by Gasteiger charge is 2.16. The summed E-state index contributed by atoms with van der Waals surface area (Å²) in [7, 11) is 0. The number of nitrogens with one attached hydrogen (secondary N) is 1. The van der Waals surface area contributed by atoms with Crippen molar-refractivity contribution >= 4 is 16.7 Å². The predicted octanol–water partition coefficient (Wildman–Crippen LogP) is 1.47. The fraction of sp³-hybridized carbons (Fsp3) is 0.471. The highest BCUT2D eigenvalue weighted by Crippen LogP contribution is 2.16. The topological polar surface area (TPSA) is 73.2 Å². The molecule has 1 fully saturated rings. The molecule has 1 aromatic carbocycles. The zero-order valence-corrected chi connectivity index (χ0v) is 13.0. The minimum absolute atomic E-state index is 0.00524. The largest absolute Gasteiger partial charge is 0.378 e. The van der Waals surface area contributed by atoms with Crippen LogP contribution in [0.2, 0.25) is 0 Å². The van der Waals surface area contributed by atoms with E-state index >= 15 is 0 Å². The quantitative estimate of drug-likeness (QED) is 0.876. The van der Waals surface area contributed by atoms with Gasteiger partial charge in [-0.3, -0.25) is 9.59 Å². The Kier molecular flexibility index (Phi) is 5.02. The molecule has 0 saturated carbocycles. The van der Waals surface area contributed by atoms with Crippen molar-refractivity contribution in [3.63, 3.8) is 0 Å². The van der Waals surface area contributed by atoms with E-state index in [2.05, 4.69) is 10.4 Å². The third-order valence-corrected chi connectivity index (χ3v) is 4.12. The van der Waals surface area contributed by atoms with Crippen LogP contribution in [0.4, 0.5) is 0 Å². The van der Waals surface area contributed by atoms with Crippen LogP contribution < -0.4 is 10.9 Å². The molecule has 2 heterocycles. The summed E-state index contributed by atoms with van der Waals surface area (Å²) in [6, 6.07) is 7.36. The lowest BCUT2D eigenvalue weighted by Crippen LogP contribution is -2.32.